The minimum absolute atomic E-state index is 0.00796. The van der Waals surface area contributed by atoms with Crippen molar-refractivity contribution in [3.63, 3.8) is 0 Å². The Labute approximate surface area is 167 Å². The molecule has 0 unspecified atom stereocenters. The van der Waals surface area contributed by atoms with Gasteiger partial charge in [0.25, 0.3) is 15.9 Å². The molecule has 0 heterocycles. The van der Waals surface area contributed by atoms with Crippen molar-refractivity contribution in [2.24, 2.45) is 5.92 Å². The van der Waals surface area contributed by atoms with Crippen LogP contribution in [0.5, 0.6) is 0 Å². The number of hydrogen-bond acceptors (Lipinski definition) is 4. The Bertz CT molecular complexity index is 1010. The summed E-state index contributed by atoms with van der Waals surface area (Å²) in [6.45, 7) is 0.0130. The topological polar surface area (TPSA) is 95.5 Å². The summed E-state index contributed by atoms with van der Waals surface area (Å²) in [6.07, 6.45) is 4.25. The molecule has 2 atom stereocenters. The summed E-state index contributed by atoms with van der Waals surface area (Å²) >= 11 is 6.07. The van der Waals surface area contributed by atoms with Gasteiger partial charge in [-0.05, 0) is 48.9 Å². The van der Waals surface area contributed by atoms with Crippen LogP contribution in [0.1, 0.15) is 16.8 Å². The molecule has 2 aromatic carbocycles. The lowest BCUT2D eigenvalue weighted by atomic mass is 10.1. The summed E-state index contributed by atoms with van der Waals surface area (Å²) in [5.41, 5.74) is 0.260. The van der Waals surface area contributed by atoms with Crippen molar-refractivity contribution in [2.45, 2.75) is 17.4 Å². The number of aliphatic hydroxyl groups excluding tert-OH is 1. The van der Waals surface area contributed by atoms with E-state index in [0.29, 0.717) is 6.42 Å². The Balaban J connectivity index is 1.77. The van der Waals surface area contributed by atoms with E-state index in [2.05, 4.69) is 10.0 Å². The first-order chi connectivity index (χ1) is 13.3. The van der Waals surface area contributed by atoms with E-state index in [0.717, 1.165) is 24.3 Å². The molecule has 1 amide bonds. The third-order valence-electron chi connectivity index (χ3n) is 4.32. The van der Waals surface area contributed by atoms with Crippen molar-refractivity contribution in [1.29, 1.82) is 0 Å². The summed E-state index contributed by atoms with van der Waals surface area (Å²) in [7, 11) is -4.00. The van der Waals surface area contributed by atoms with Gasteiger partial charge in [-0.1, -0.05) is 23.8 Å². The normalized spacial score (nSPS) is 18.8. The van der Waals surface area contributed by atoms with Crippen LogP contribution in [0, 0.1) is 11.7 Å². The Morgan fingerprint density at radius 2 is 1.89 bits per heavy atom. The molecule has 0 radical (unpaired) electrons. The third kappa shape index (κ3) is 4.70. The van der Waals surface area contributed by atoms with Gasteiger partial charge < -0.3 is 10.4 Å². The number of aliphatic hydroxyl groups is 1. The Kier molecular flexibility index (Phi) is 6.02. The van der Waals surface area contributed by atoms with Gasteiger partial charge in [-0.2, -0.15) is 0 Å². The largest absolute Gasteiger partial charge is 0.396 e. The molecule has 9 heteroatoms. The van der Waals surface area contributed by atoms with E-state index in [1.54, 1.807) is 0 Å². The van der Waals surface area contributed by atoms with E-state index in [-0.39, 0.29) is 39.7 Å². The number of carbonyl (C=O) groups is 1. The van der Waals surface area contributed by atoms with Crippen molar-refractivity contribution < 1.29 is 22.7 Å². The highest BCUT2D eigenvalue weighted by molar-refractivity contribution is 7.92. The van der Waals surface area contributed by atoms with Gasteiger partial charge in [0.1, 0.15) is 5.82 Å². The lowest BCUT2D eigenvalue weighted by Gasteiger charge is -2.14. The highest BCUT2D eigenvalue weighted by Crippen LogP contribution is 2.26. The standard InChI is InChI=1S/C19H18ClFN2O4S/c20-17-8-2-13(19(25)22-15-5-1-12(9-15)11-24)10-18(17)23-28(26,27)16-6-3-14(21)4-7-16/h1-8,10,12,15,23-24H,9,11H2,(H,22,25)/t12-,15+/m0/s1. The van der Waals surface area contributed by atoms with E-state index in [1.807, 2.05) is 12.2 Å². The average Bonchev–Trinajstić information content (AvgIpc) is 3.11. The molecular formula is C19H18ClFN2O4S. The van der Waals surface area contributed by atoms with Gasteiger partial charge in [-0.3, -0.25) is 9.52 Å². The molecule has 3 rings (SSSR count). The maximum Gasteiger partial charge on any atom is 0.261 e. The SMILES string of the molecule is O=C(N[C@@H]1C=C[C@H](CO)C1)c1ccc(Cl)c(NS(=O)(=O)c2ccc(F)cc2)c1. The first kappa shape index (κ1) is 20.3. The van der Waals surface area contributed by atoms with Crippen LogP contribution in [-0.2, 0) is 10.0 Å². The Hall–Kier alpha value is -2.42. The highest BCUT2D eigenvalue weighted by Gasteiger charge is 2.21. The van der Waals surface area contributed by atoms with Crippen molar-refractivity contribution in [2.75, 3.05) is 11.3 Å². The minimum Gasteiger partial charge on any atom is -0.396 e. The Morgan fingerprint density at radius 1 is 1.18 bits per heavy atom. The van der Waals surface area contributed by atoms with Gasteiger partial charge in [-0.15, -0.1) is 0 Å². The van der Waals surface area contributed by atoms with Crippen LogP contribution >= 0.6 is 11.6 Å². The Morgan fingerprint density at radius 3 is 2.54 bits per heavy atom. The zero-order chi connectivity index (χ0) is 20.3. The first-order valence-corrected chi connectivity index (χ1v) is 10.3. The van der Waals surface area contributed by atoms with E-state index in [1.165, 1.54) is 18.2 Å². The second kappa shape index (κ2) is 8.30. The maximum absolute atomic E-state index is 13.0. The zero-order valence-corrected chi connectivity index (χ0v) is 16.2. The molecule has 0 saturated carbocycles. The predicted octanol–water partition coefficient (Wildman–Crippen LogP) is 2.95. The first-order valence-electron chi connectivity index (χ1n) is 8.46. The van der Waals surface area contributed by atoms with E-state index in [4.69, 9.17) is 16.7 Å². The van der Waals surface area contributed by atoms with Gasteiger partial charge >= 0.3 is 0 Å². The van der Waals surface area contributed by atoms with Gasteiger partial charge in [0, 0.05) is 24.1 Å². The molecule has 2 aromatic rings. The predicted molar refractivity (Wildman–Crippen MR) is 104 cm³/mol. The van der Waals surface area contributed by atoms with E-state index >= 15 is 0 Å². The smallest absolute Gasteiger partial charge is 0.261 e. The van der Waals surface area contributed by atoms with Crippen LogP contribution in [0.25, 0.3) is 0 Å². The number of carbonyl (C=O) groups excluding carboxylic acids is 1. The molecule has 0 aliphatic heterocycles. The number of sulfonamides is 1. The number of benzene rings is 2. The maximum atomic E-state index is 13.0. The van der Waals surface area contributed by atoms with Crippen LogP contribution in [0.4, 0.5) is 10.1 Å². The summed E-state index contributed by atoms with van der Waals surface area (Å²) in [5, 5.41) is 12.1. The van der Waals surface area contributed by atoms with E-state index in [9.17, 15) is 17.6 Å². The van der Waals surface area contributed by atoms with Crippen LogP contribution in [0.15, 0.2) is 59.5 Å². The molecule has 28 heavy (non-hydrogen) atoms. The summed E-state index contributed by atoms with van der Waals surface area (Å²) in [4.78, 5) is 12.3. The van der Waals surface area contributed by atoms with Crippen LogP contribution in [0.2, 0.25) is 5.02 Å². The molecule has 0 aromatic heterocycles. The molecule has 6 nitrogen and oxygen atoms in total. The van der Waals surface area contributed by atoms with Gasteiger partial charge in [0.15, 0.2) is 0 Å². The molecule has 0 bridgehead atoms. The van der Waals surface area contributed by atoms with Gasteiger partial charge in [-0.25, -0.2) is 12.8 Å². The molecule has 1 aliphatic carbocycles. The molecular weight excluding hydrogens is 407 g/mol. The number of rotatable bonds is 6. The minimum atomic E-state index is -4.00. The fourth-order valence-corrected chi connectivity index (χ4v) is 4.12. The van der Waals surface area contributed by atoms with Crippen molar-refractivity contribution in [3.8, 4) is 0 Å². The van der Waals surface area contributed by atoms with Crippen molar-refractivity contribution in [3.05, 3.63) is 71.0 Å². The van der Waals surface area contributed by atoms with Gasteiger partial charge in [0.05, 0.1) is 15.6 Å². The molecule has 0 spiro atoms. The lowest BCUT2D eigenvalue weighted by molar-refractivity contribution is 0.0941. The van der Waals surface area contributed by atoms with Crippen LogP contribution in [-0.4, -0.2) is 32.1 Å². The van der Waals surface area contributed by atoms with Crippen molar-refractivity contribution in [1.82, 2.24) is 5.32 Å². The number of hydrogen-bond donors (Lipinski definition) is 3. The number of halogens is 2. The number of nitrogens with one attached hydrogen (secondary N) is 2. The van der Waals surface area contributed by atoms with Crippen LogP contribution in [0.3, 0.4) is 0 Å². The summed E-state index contributed by atoms with van der Waals surface area (Å²) in [6, 6.07) is 8.36. The van der Waals surface area contributed by atoms with Crippen molar-refractivity contribution >= 4 is 33.2 Å². The molecule has 1 aliphatic rings. The molecule has 0 fully saturated rings. The molecule has 148 valence electrons. The summed E-state index contributed by atoms with van der Waals surface area (Å²) < 4.78 is 40.3. The molecule has 3 N–H and O–H groups in total. The molecule has 0 saturated heterocycles. The summed E-state index contributed by atoms with van der Waals surface area (Å²) in [5.74, 6) is -0.944. The quantitative estimate of drug-likeness (QED) is 0.621. The monoisotopic (exact) mass is 424 g/mol. The lowest BCUT2D eigenvalue weighted by Crippen LogP contribution is -2.33. The fraction of sp³-hybridized carbons (Fsp3) is 0.211. The zero-order valence-electron chi connectivity index (χ0n) is 14.6. The average molecular weight is 425 g/mol. The number of anilines is 1. The fourth-order valence-electron chi connectivity index (χ4n) is 2.83. The second-order valence-corrected chi connectivity index (χ2v) is 8.49. The second-order valence-electron chi connectivity index (χ2n) is 6.40. The highest BCUT2D eigenvalue weighted by atomic mass is 35.5. The van der Waals surface area contributed by atoms with Crippen LogP contribution < -0.4 is 10.0 Å². The third-order valence-corrected chi connectivity index (χ3v) is 6.03. The van der Waals surface area contributed by atoms with E-state index < -0.39 is 21.7 Å². The van der Waals surface area contributed by atoms with Gasteiger partial charge in [0.2, 0.25) is 0 Å². The number of amides is 1.